The van der Waals surface area contributed by atoms with Crippen molar-refractivity contribution >= 4 is 23.5 Å². The molecule has 7 nitrogen and oxygen atoms in total. The van der Waals surface area contributed by atoms with Crippen LogP contribution < -0.4 is 16.6 Å². The molecule has 4 N–H and O–H groups in total. The topological polar surface area (TPSA) is 114 Å². The van der Waals surface area contributed by atoms with Gasteiger partial charge in [0.1, 0.15) is 5.82 Å². The lowest BCUT2D eigenvalue weighted by molar-refractivity contribution is -0.120. The molecule has 0 saturated carbocycles. The molecule has 0 aromatic carbocycles. The number of H-pyrrole nitrogens is 1. The van der Waals surface area contributed by atoms with Gasteiger partial charge in [0, 0.05) is 30.1 Å². The van der Waals surface area contributed by atoms with Crippen molar-refractivity contribution in [3.63, 3.8) is 0 Å². The molecular formula is C14H17N5O2S. The molecule has 0 bridgehead atoms. The molecule has 0 fully saturated rings. The quantitative estimate of drug-likeness (QED) is 0.556. The fourth-order valence-electron chi connectivity index (χ4n) is 1.75. The summed E-state index contributed by atoms with van der Waals surface area (Å²) in [7, 11) is 0. The summed E-state index contributed by atoms with van der Waals surface area (Å²) in [6, 6.07) is 4.97. The number of aromatic amines is 1. The first-order valence-electron chi connectivity index (χ1n) is 6.67. The Kier molecular flexibility index (Phi) is 5.16. The number of carbonyl (C=O) groups excluding carboxylic acids is 1. The first kappa shape index (κ1) is 16.0. The number of nitrogens with zero attached hydrogens (tertiary/aromatic N) is 2. The van der Waals surface area contributed by atoms with Crippen LogP contribution in [0.2, 0.25) is 0 Å². The number of aromatic nitrogens is 3. The Hall–Kier alpha value is -2.35. The predicted molar refractivity (Wildman–Crippen MR) is 85.4 cm³/mol. The molecule has 2 rings (SSSR count). The van der Waals surface area contributed by atoms with Gasteiger partial charge in [-0.2, -0.15) is 0 Å². The van der Waals surface area contributed by atoms with Crippen molar-refractivity contribution in [1.82, 2.24) is 20.3 Å². The molecular weight excluding hydrogens is 302 g/mol. The standard InChI is InChI=1S/C14H17N5O2S/c1-8-6-11(20)19-14(18-8)22-9(2)13(21)17-7-10-4-3-5-16-12(10)15/h3-6,9H,7H2,1-2H3,(H2,15,16)(H,17,21)(H,18,19,20)/t9-/m1/s1. The Balaban J connectivity index is 1.95. The van der Waals surface area contributed by atoms with Gasteiger partial charge in [0.15, 0.2) is 5.16 Å². The molecule has 116 valence electrons. The number of nitrogen functional groups attached to an aromatic ring is 1. The Morgan fingerprint density at radius 1 is 1.55 bits per heavy atom. The number of amides is 1. The van der Waals surface area contributed by atoms with E-state index in [1.165, 1.54) is 17.8 Å². The monoisotopic (exact) mass is 319 g/mol. The molecule has 0 aliphatic rings. The van der Waals surface area contributed by atoms with Crippen molar-refractivity contribution in [2.75, 3.05) is 5.73 Å². The van der Waals surface area contributed by atoms with Crippen LogP contribution in [0.4, 0.5) is 5.82 Å². The summed E-state index contributed by atoms with van der Waals surface area (Å²) in [5.41, 5.74) is 6.86. The number of anilines is 1. The van der Waals surface area contributed by atoms with E-state index in [2.05, 4.69) is 20.3 Å². The van der Waals surface area contributed by atoms with Gasteiger partial charge in [-0.05, 0) is 19.9 Å². The van der Waals surface area contributed by atoms with Gasteiger partial charge >= 0.3 is 0 Å². The highest BCUT2D eigenvalue weighted by molar-refractivity contribution is 8.00. The first-order chi connectivity index (χ1) is 10.5. The van der Waals surface area contributed by atoms with E-state index >= 15 is 0 Å². The van der Waals surface area contributed by atoms with Crippen LogP contribution in [0.5, 0.6) is 0 Å². The second kappa shape index (κ2) is 7.08. The molecule has 2 heterocycles. The van der Waals surface area contributed by atoms with E-state index in [0.29, 0.717) is 23.2 Å². The van der Waals surface area contributed by atoms with Crippen molar-refractivity contribution in [2.45, 2.75) is 30.8 Å². The minimum Gasteiger partial charge on any atom is -0.383 e. The van der Waals surface area contributed by atoms with Gasteiger partial charge in [-0.3, -0.25) is 9.59 Å². The van der Waals surface area contributed by atoms with Crippen LogP contribution in [0.1, 0.15) is 18.2 Å². The number of aryl methyl sites for hydroxylation is 1. The van der Waals surface area contributed by atoms with Crippen molar-refractivity contribution < 1.29 is 4.79 Å². The second-order valence-corrected chi connectivity index (χ2v) is 6.05. The highest BCUT2D eigenvalue weighted by Gasteiger charge is 2.16. The van der Waals surface area contributed by atoms with E-state index in [9.17, 15) is 9.59 Å². The van der Waals surface area contributed by atoms with E-state index in [4.69, 9.17) is 5.73 Å². The van der Waals surface area contributed by atoms with E-state index in [0.717, 1.165) is 5.56 Å². The van der Waals surface area contributed by atoms with Crippen LogP contribution in [-0.4, -0.2) is 26.1 Å². The summed E-state index contributed by atoms with van der Waals surface area (Å²) in [6.45, 7) is 3.78. The van der Waals surface area contributed by atoms with Gasteiger partial charge in [0.2, 0.25) is 5.91 Å². The van der Waals surface area contributed by atoms with Crippen LogP contribution in [0.25, 0.3) is 0 Å². The smallest absolute Gasteiger partial charge is 0.251 e. The molecule has 8 heteroatoms. The third-order valence-electron chi connectivity index (χ3n) is 2.88. The molecule has 0 unspecified atom stereocenters. The molecule has 1 atom stereocenters. The molecule has 1 amide bonds. The average molecular weight is 319 g/mol. The zero-order chi connectivity index (χ0) is 16.1. The molecule has 0 saturated heterocycles. The summed E-state index contributed by atoms with van der Waals surface area (Å²) >= 11 is 1.19. The van der Waals surface area contributed by atoms with Crippen molar-refractivity contribution in [1.29, 1.82) is 0 Å². The summed E-state index contributed by atoms with van der Waals surface area (Å²) in [5.74, 6) is 0.227. The highest BCUT2D eigenvalue weighted by atomic mass is 32.2. The Labute approximate surface area is 131 Å². The van der Waals surface area contributed by atoms with Crippen LogP contribution >= 0.6 is 11.8 Å². The molecule has 2 aromatic heterocycles. The number of rotatable bonds is 5. The van der Waals surface area contributed by atoms with Gasteiger partial charge in [0.05, 0.1) is 5.25 Å². The highest BCUT2D eigenvalue weighted by Crippen LogP contribution is 2.18. The summed E-state index contributed by atoms with van der Waals surface area (Å²) in [6.07, 6.45) is 1.60. The fraction of sp³-hybridized carbons (Fsp3) is 0.286. The van der Waals surface area contributed by atoms with Crippen molar-refractivity contribution in [3.8, 4) is 0 Å². The number of carbonyl (C=O) groups is 1. The average Bonchev–Trinajstić information content (AvgIpc) is 2.45. The minimum absolute atomic E-state index is 0.169. The number of nitrogens with one attached hydrogen (secondary N) is 2. The summed E-state index contributed by atoms with van der Waals surface area (Å²) in [4.78, 5) is 34.2. The minimum atomic E-state index is -0.400. The zero-order valence-electron chi connectivity index (χ0n) is 12.3. The second-order valence-electron chi connectivity index (χ2n) is 4.72. The number of hydrogen-bond acceptors (Lipinski definition) is 6. The van der Waals surface area contributed by atoms with E-state index in [-0.39, 0.29) is 11.5 Å². The molecule has 0 aliphatic heterocycles. The Morgan fingerprint density at radius 3 is 3.00 bits per heavy atom. The van der Waals surface area contributed by atoms with Gasteiger partial charge in [-0.15, -0.1) is 0 Å². The number of pyridine rings is 1. The lowest BCUT2D eigenvalue weighted by Gasteiger charge is -2.12. The van der Waals surface area contributed by atoms with Crippen LogP contribution in [0.15, 0.2) is 34.3 Å². The van der Waals surface area contributed by atoms with Crippen LogP contribution in [0, 0.1) is 6.92 Å². The Bertz CT molecular complexity index is 731. The third-order valence-corrected chi connectivity index (χ3v) is 3.87. The van der Waals surface area contributed by atoms with Gasteiger partial charge in [-0.25, -0.2) is 9.97 Å². The van der Waals surface area contributed by atoms with Crippen LogP contribution in [0.3, 0.4) is 0 Å². The van der Waals surface area contributed by atoms with E-state index in [1.807, 2.05) is 0 Å². The molecule has 2 aromatic rings. The predicted octanol–water partition coefficient (Wildman–Crippen LogP) is 0.853. The first-order valence-corrected chi connectivity index (χ1v) is 7.55. The third kappa shape index (κ3) is 4.32. The van der Waals surface area contributed by atoms with E-state index in [1.54, 1.807) is 32.2 Å². The largest absolute Gasteiger partial charge is 0.383 e. The van der Waals surface area contributed by atoms with Crippen molar-refractivity contribution in [3.05, 3.63) is 46.0 Å². The fourth-order valence-corrected chi connectivity index (χ4v) is 2.64. The van der Waals surface area contributed by atoms with Crippen molar-refractivity contribution in [2.24, 2.45) is 0 Å². The SMILES string of the molecule is Cc1cc(=O)[nH]c(S[C@H](C)C(=O)NCc2cccnc2N)n1. The van der Waals surface area contributed by atoms with Gasteiger partial charge in [-0.1, -0.05) is 17.8 Å². The molecule has 0 radical (unpaired) electrons. The van der Waals surface area contributed by atoms with E-state index < -0.39 is 5.25 Å². The zero-order valence-corrected chi connectivity index (χ0v) is 13.1. The maximum absolute atomic E-state index is 12.1. The molecule has 0 aliphatic carbocycles. The molecule has 22 heavy (non-hydrogen) atoms. The lowest BCUT2D eigenvalue weighted by atomic mass is 10.2. The lowest BCUT2D eigenvalue weighted by Crippen LogP contribution is -2.31. The number of thioether (sulfide) groups is 1. The number of nitrogens with two attached hydrogens (primary N) is 1. The summed E-state index contributed by atoms with van der Waals surface area (Å²) < 4.78 is 0. The number of hydrogen-bond donors (Lipinski definition) is 3. The molecule has 0 spiro atoms. The normalized spacial score (nSPS) is 11.9. The van der Waals surface area contributed by atoms with Crippen LogP contribution in [-0.2, 0) is 11.3 Å². The van der Waals surface area contributed by atoms with Gasteiger partial charge < -0.3 is 16.0 Å². The summed E-state index contributed by atoms with van der Waals surface area (Å²) in [5, 5.41) is 2.81. The maximum Gasteiger partial charge on any atom is 0.251 e. The van der Waals surface area contributed by atoms with Gasteiger partial charge in [0.25, 0.3) is 5.56 Å². The Morgan fingerprint density at radius 2 is 2.32 bits per heavy atom. The maximum atomic E-state index is 12.1.